The fourth-order valence-corrected chi connectivity index (χ4v) is 5.49. The highest BCUT2D eigenvalue weighted by Crippen LogP contribution is 2.19. The number of carbonyl (C=O) groups is 4. The van der Waals surface area contributed by atoms with E-state index in [4.69, 9.17) is 0 Å². The van der Waals surface area contributed by atoms with Gasteiger partial charge in [0.05, 0.1) is 0 Å². The third kappa shape index (κ3) is 10.5. The molecule has 4 aromatic heterocycles. The first kappa shape index (κ1) is 35.7. The Labute approximate surface area is 306 Å². The molecule has 12 heteroatoms. The van der Waals surface area contributed by atoms with Crippen molar-refractivity contribution in [2.75, 3.05) is 0 Å². The van der Waals surface area contributed by atoms with E-state index in [1.165, 1.54) is 0 Å². The van der Waals surface area contributed by atoms with E-state index < -0.39 is 0 Å². The van der Waals surface area contributed by atoms with E-state index in [0.717, 1.165) is 22.3 Å². The monoisotopic (exact) mass is 704 g/mol. The fraction of sp³-hybridized carbons (Fsp3) is 0.122. The van der Waals surface area contributed by atoms with Crippen molar-refractivity contribution in [1.82, 2.24) is 41.2 Å². The Kier molecular flexibility index (Phi) is 12.0. The number of aromatic nitrogens is 4. The summed E-state index contributed by atoms with van der Waals surface area (Å²) in [5.41, 5.74) is 5.88. The lowest BCUT2D eigenvalue weighted by Crippen LogP contribution is -2.26. The number of carbonyl (C=O) groups excluding carboxylic acids is 4. The smallest absolute Gasteiger partial charge is 0.251 e. The van der Waals surface area contributed by atoms with Gasteiger partial charge in [-0.15, -0.1) is 0 Å². The van der Waals surface area contributed by atoms with E-state index in [0.29, 0.717) is 11.1 Å². The molecule has 12 nitrogen and oxygen atoms in total. The predicted molar refractivity (Wildman–Crippen MR) is 197 cm³/mol. The molecular formula is C41H36N8O4. The molecule has 0 aliphatic rings. The SMILES string of the molecule is O=C(NCc1ccncc1)c1cc(Cc2cc(C(=O)NCc3ccncc3)cc(C(=O)NCc3ccncc3)c2)cc(C(=O)NCc2ccncc2)c1. The Morgan fingerprint density at radius 1 is 0.340 bits per heavy atom. The van der Waals surface area contributed by atoms with Crippen molar-refractivity contribution in [3.8, 4) is 0 Å². The zero-order valence-corrected chi connectivity index (χ0v) is 28.7. The highest BCUT2D eigenvalue weighted by molar-refractivity contribution is 6.01. The van der Waals surface area contributed by atoms with Crippen LogP contribution in [0.15, 0.2) is 135 Å². The molecule has 2 aromatic carbocycles. The van der Waals surface area contributed by atoms with Gasteiger partial charge in [-0.25, -0.2) is 0 Å². The summed E-state index contributed by atoms with van der Waals surface area (Å²) >= 11 is 0. The van der Waals surface area contributed by atoms with Crippen LogP contribution in [0.1, 0.15) is 74.8 Å². The summed E-state index contributed by atoms with van der Waals surface area (Å²) < 4.78 is 0. The van der Waals surface area contributed by atoms with Crippen molar-refractivity contribution in [3.05, 3.63) is 190 Å². The van der Waals surface area contributed by atoms with Crippen LogP contribution in [0.5, 0.6) is 0 Å². The quantitative estimate of drug-likeness (QED) is 0.128. The first-order chi connectivity index (χ1) is 25.9. The molecule has 4 N–H and O–H groups in total. The van der Waals surface area contributed by atoms with Gasteiger partial charge >= 0.3 is 0 Å². The lowest BCUT2D eigenvalue weighted by atomic mass is 9.96. The summed E-state index contributed by atoms with van der Waals surface area (Å²) in [6.45, 7) is 1.07. The third-order valence-electron chi connectivity index (χ3n) is 8.25. The van der Waals surface area contributed by atoms with Crippen molar-refractivity contribution in [3.63, 3.8) is 0 Å². The van der Waals surface area contributed by atoms with Crippen molar-refractivity contribution in [2.45, 2.75) is 32.6 Å². The van der Waals surface area contributed by atoms with Crippen molar-refractivity contribution < 1.29 is 19.2 Å². The average molecular weight is 705 g/mol. The van der Waals surface area contributed by atoms with Crippen LogP contribution in [-0.4, -0.2) is 43.6 Å². The van der Waals surface area contributed by atoms with Gasteiger partial charge in [0.15, 0.2) is 0 Å². The second-order valence-electron chi connectivity index (χ2n) is 12.2. The van der Waals surface area contributed by atoms with Gasteiger partial charge in [-0.3, -0.25) is 39.1 Å². The van der Waals surface area contributed by atoms with E-state index in [-0.39, 0.29) is 78.5 Å². The van der Waals surface area contributed by atoms with Crippen LogP contribution in [0.4, 0.5) is 0 Å². The van der Waals surface area contributed by atoms with E-state index in [2.05, 4.69) is 41.2 Å². The molecule has 0 atom stereocenters. The summed E-state index contributed by atoms with van der Waals surface area (Å²) in [7, 11) is 0. The molecule has 53 heavy (non-hydrogen) atoms. The number of amides is 4. The number of hydrogen-bond acceptors (Lipinski definition) is 8. The van der Waals surface area contributed by atoms with Gasteiger partial charge in [0.25, 0.3) is 23.6 Å². The van der Waals surface area contributed by atoms with E-state index in [9.17, 15) is 19.2 Å². The number of pyridine rings is 4. The average Bonchev–Trinajstić information content (AvgIpc) is 3.21. The van der Waals surface area contributed by atoms with E-state index >= 15 is 0 Å². The first-order valence-corrected chi connectivity index (χ1v) is 16.9. The molecule has 4 amide bonds. The minimum Gasteiger partial charge on any atom is -0.348 e. The second-order valence-corrected chi connectivity index (χ2v) is 12.2. The molecule has 0 saturated heterocycles. The summed E-state index contributed by atoms with van der Waals surface area (Å²) in [6.07, 6.45) is 13.4. The first-order valence-electron chi connectivity index (χ1n) is 16.9. The molecule has 0 saturated carbocycles. The number of rotatable bonds is 14. The maximum absolute atomic E-state index is 13.5. The molecule has 0 unspecified atom stereocenters. The largest absolute Gasteiger partial charge is 0.348 e. The van der Waals surface area contributed by atoms with Gasteiger partial charge in [-0.1, -0.05) is 0 Å². The van der Waals surface area contributed by atoms with Crippen LogP contribution in [0.25, 0.3) is 0 Å². The highest BCUT2D eigenvalue weighted by Gasteiger charge is 2.17. The normalized spacial score (nSPS) is 10.6. The minimum atomic E-state index is -0.368. The molecular weight excluding hydrogens is 669 g/mol. The number of benzene rings is 2. The zero-order chi connectivity index (χ0) is 36.8. The third-order valence-corrected chi connectivity index (χ3v) is 8.25. The summed E-state index contributed by atoms with van der Waals surface area (Å²) in [6, 6.07) is 24.4. The van der Waals surface area contributed by atoms with Gasteiger partial charge in [-0.05, 0) is 125 Å². The number of nitrogens with zero attached hydrogens (tertiary/aromatic N) is 4. The summed E-state index contributed by atoms with van der Waals surface area (Å²) in [5.74, 6) is -1.47. The number of nitrogens with one attached hydrogen (secondary N) is 4. The van der Waals surface area contributed by atoms with Crippen LogP contribution in [0.3, 0.4) is 0 Å². The van der Waals surface area contributed by atoms with Crippen LogP contribution < -0.4 is 21.3 Å². The van der Waals surface area contributed by atoms with E-state index in [1.807, 2.05) is 0 Å². The Bertz CT molecular complexity index is 1880. The zero-order valence-electron chi connectivity index (χ0n) is 28.7. The van der Waals surface area contributed by atoms with Crippen molar-refractivity contribution in [1.29, 1.82) is 0 Å². The Hall–Kier alpha value is -7.08. The van der Waals surface area contributed by atoms with Crippen LogP contribution in [0, 0.1) is 0 Å². The standard InChI is InChI=1S/C41H36N8O4/c50-38(46-24-28-1-9-42-10-2-28)34-18-32(19-35(22-34)39(51)47-25-29-3-11-43-12-4-29)17-33-20-36(40(52)48-26-30-5-13-44-14-6-30)23-37(21-33)41(53)49-27-31-7-15-45-16-8-31/h1-16,18-23H,17,24-27H2,(H,46,50)(H,47,51)(H,48,52)(H,49,53). The minimum absolute atomic E-state index is 0.215. The molecule has 264 valence electrons. The summed E-state index contributed by atoms with van der Waals surface area (Å²) in [4.78, 5) is 69.9. The van der Waals surface area contributed by atoms with Gasteiger partial charge in [-0.2, -0.15) is 0 Å². The molecule has 0 aliphatic carbocycles. The van der Waals surface area contributed by atoms with Crippen molar-refractivity contribution in [2.24, 2.45) is 0 Å². The maximum Gasteiger partial charge on any atom is 0.251 e. The Balaban J connectivity index is 1.29. The molecule has 6 aromatic rings. The molecule has 0 aliphatic heterocycles. The topological polar surface area (TPSA) is 168 Å². The number of hydrogen-bond donors (Lipinski definition) is 4. The lowest BCUT2D eigenvalue weighted by molar-refractivity contribution is 0.0935. The Morgan fingerprint density at radius 3 is 0.792 bits per heavy atom. The Morgan fingerprint density at radius 2 is 0.566 bits per heavy atom. The fourth-order valence-electron chi connectivity index (χ4n) is 5.49. The van der Waals surface area contributed by atoms with Crippen molar-refractivity contribution >= 4 is 23.6 Å². The predicted octanol–water partition coefficient (Wildman–Crippen LogP) is 4.58. The molecule has 0 fully saturated rings. The van der Waals surface area contributed by atoms with Gasteiger partial charge < -0.3 is 21.3 Å². The lowest BCUT2D eigenvalue weighted by Gasteiger charge is -2.14. The maximum atomic E-state index is 13.5. The van der Waals surface area contributed by atoms with Gasteiger partial charge in [0.1, 0.15) is 0 Å². The molecule has 4 heterocycles. The summed E-state index contributed by atoms with van der Waals surface area (Å²) in [5, 5.41) is 11.7. The van der Waals surface area contributed by atoms with Crippen LogP contribution >= 0.6 is 0 Å². The van der Waals surface area contributed by atoms with E-state index in [1.54, 1.807) is 135 Å². The molecule has 0 bridgehead atoms. The molecule has 6 rings (SSSR count). The van der Waals surface area contributed by atoms with Gasteiger partial charge in [0.2, 0.25) is 0 Å². The molecule has 0 spiro atoms. The van der Waals surface area contributed by atoms with Gasteiger partial charge in [0, 0.05) is 98.0 Å². The highest BCUT2D eigenvalue weighted by atomic mass is 16.2. The second kappa shape index (κ2) is 17.7. The molecule has 0 radical (unpaired) electrons. The van der Waals surface area contributed by atoms with Crippen LogP contribution in [-0.2, 0) is 32.6 Å². The van der Waals surface area contributed by atoms with Crippen LogP contribution in [0.2, 0.25) is 0 Å².